The molecule has 0 unspecified atom stereocenters. The summed E-state index contributed by atoms with van der Waals surface area (Å²) in [5, 5.41) is 0. The zero-order valence-corrected chi connectivity index (χ0v) is 8.53. The van der Waals surface area contributed by atoms with Crippen LogP contribution in [0.2, 0.25) is 0 Å². The zero-order chi connectivity index (χ0) is 11.1. The van der Waals surface area contributed by atoms with Gasteiger partial charge in [0.1, 0.15) is 0 Å². The van der Waals surface area contributed by atoms with E-state index >= 15 is 0 Å². The van der Waals surface area contributed by atoms with Crippen molar-refractivity contribution in [3.05, 3.63) is 30.1 Å². The summed E-state index contributed by atoms with van der Waals surface area (Å²) in [7, 11) is 1.33. The average molecular weight is 212 g/mol. The van der Waals surface area contributed by atoms with Gasteiger partial charge in [0, 0.05) is 6.42 Å². The lowest BCUT2D eigenvalue weighted by Crippen LogP contribution is -2.05. The minimum atomic E-state index is -0.393. The number of carbonyl (C=O) groups excluding carboxylic acids is 1. The number of para-hydroxylation sites is 1. The summed E-state index contributed by atoms with van der Waals surface area (Å²) >= 11 is 0. The molecule has 1 aromatic carbocycles. The van der Waals surface area contributed by atoms with Crippen LogP contribution in [-0.2, 0) is 9.53 Å². The zero-order valence-electron chi connectivity index (χ0n) is 8.53. The van der Waals surface area contributed by atoms with Gasteiger partial charge in [-0.25, -0.2) is 4.39 Å². The lowest BCUT2D eigenvalue weighted by atomic mass is 10.3. The molecule has 0 radical (unpaired) electrons. The molecule has 0 aromatic heterocycles. The van der Waals surface area contributed by atoms with Crippen molar-refractivity contribution < 1.29 is 18.7 Å². The van der Waals surface area contributed by atoms with Gasteiger partial charge in [0.05, 0.1) is 13.7 Å². The van der Waals surface area contributed by atoms with E-state index in [4.69, 9.17) is 4.74 Å². The van der Waals surface area contributed by atoms with E-state index in [1.807, 2.05) is 0 Å². The van der Waals surface area contributed by atoms with Gasteiger partial charge in [-0.15, -0.1) is 0 Å². The van der Waals surface area contributed by atoms with Crippen LogP contribution in [-0.4, -0.2) is 19.7 Å². The SMILES string of the molecule is COC(=O)CCCOc1ccccc1F. The Kier molecular flexibility index (Phi) is 4.60. The first kappa shape index (κ1) is 11.5. The lowest BCUT2D eigenvalue weighted by molar-refractivity contribution is -0.140. The van der Waals surface area contributed by atoms with Crippen molar-refractivity contribution in [2.45, 2.75) is 12.8 Å². The van der Waals surface area contributed by atoms with Crippen LogP contribution in [0.3, 0.4) is 0 Å². The van der Waals surface area contributed by atoms with Crippen LogP contribution in [0.1, 0.15) is 12.8 Å². The minimum Gasteiger partial charge on any atom is -0.491 e. The van der Waals surface area contributed by atoms with E-state index in [0.717, 1.165) is 0 Å². The summed E-state index contributed by atoms with van der Waals surface area (Å²) in [4.78, 5) is 10.7. The normalized spacial score (nSPS) is 9.73. The maximum atomic E-state index is 13.0. The Balaban J connectivity index is 2.26. The van der Waals surface area contributed by atoms with Gasteiger partial charge in [0.25, 0.3) is 0 Å². The molecule has 0 saturated carbocycles. The van der Waals surface area contributed by atoms with Gasteiger partial charge in [-0.05, 0) is 18.6 Å². The molecule has 15 heavy (non-hydrogen) atoms. The smallest absolute Gasteiger partial charge is 0.305 e. The lowest BCUT2D eigenvalue weighted by Gasteiger charge is -2.05. The minimum absolute atomic E-state index is 0.211. The number of rotatable bonds is 5. The number of hydrogen-bond acceptors (Lipinski definition) is 3. The van der Waals surface area contributed by atoms with Gasteiger partial charge in [0.15, 0.2) is 11.6 Å². The van der Waals surface area contributed by atoms with Crippen molar-refractivity contribution in [1.29, 1.82) is 0 Å². The fourth-order valence-corrected chi connectivity index (χ4v) is 1.06. The highest BCUT2D eigenvalue weighted by atomic mass is 19.1. The number of halogens is 1. The van der Waals surface area contributed by atoms with Gasteiger partial charge in [-0.3, -0.25) is 4.79 Å². The van der Waals surface area contributed by atoms with Crippen LogP contribution < -0.4 is 4.74 Å². The van der Waals surface area contributed by atoms with Crippen LogP contribution in [0.4, 0.5) is 4.39 Å². The molecule has 3 nitrogen and oxygen atoms in total. The van der Waals surface area contributed by atoms with E-state index < -0.39 is 5.82 Å². The van der Waals surface area contributed by atoms with E-state index in [0.29, 0.717) is 13.0 Å². The molecule has 1 rings (SSSR count). The number of carbonyl (C=O) groups is 1. The molecule has 0 heterocycles. The summed E-state index contributed by atoms with van der Waals surface area (Å²) in [6, 6.07) is 6.17. The summed E-state index contributed by atoms with van der Waals surface area (Å²) in [6.45, 7) is 0.302. The highest BCUT2D eigenvalue weighted by Crippen LogP contribution is 2.15. The van der Waals surface area contributed by atoms with E-state index in [2.05, 4.69) is 4.74 Å². The highest BCUT2D eigenvalue weighted by molar-refractivity contribution is 5.68. The Morgan fingerprint density at radius 2 is 2.13 bits per heavy atom. The summed E-state index contributed by atoms with van der Waals surface area (Å²) in [5.41, 5.74) is 0. The van der Waals surface area contributed by atoms with Gasteiger partial charge < -0.3 is 9.47 Å². The van der Waals surface area contributed by atoms with E-state index in [-0.39, 0.29) is 18.1 Å². The van der Waals surface area contributed by atoms with E-state index in [9.17, 15) is 9.18 Å². The second kappa shape index (κ2) is 6.01. The molecular formula is C11H13FO3. The molecule has 0 aliphatic rings. The number of benzene rings is 1. The number of ether oxygens (including phenoxy) is 2. The molecule has 0 fully saturated rings. The molecule has 0 atom stereocenters. The van der Waals surface area contributed by atoms with Gasteiger partial charge in [-0.2, -0.15) is 0 Å². The molecule has 0 N–H and O–H groups in total. The topological polar surface area (TPSA) is 35.5 Å². The third-order valence-electron chi connectivity index (χ3n) is 1.85. The maximum Gasteiger partial charge on any atom is 0.305 e. The van der Waals surface area contributed by atoms with Crippen LogP contribution >= 0.6 is 0 Å². The monoisotopic (exact) mass is 212 g/mol. The van der Waals surface area contributed by atoms with Crippen molar-refractivity contribution >= 4 is 5.97 Å². The van der Waals surface area contributed by atoms with Crippen molar-refractivity contribution in [2.75, 3.05) is 13.7 Å². The van der Waals surface area contributed by atoms with Crippen molar-refractivity contribution in [3.8, 4) is 5.75 Å². The van der Waals surface area contributed by atoms with Gasteiger partial charge in [0.2, 0.25) is 0 Å². The van der Waals surface area contributed by atoms with Crippen molar-refractivity contribution in [2.24, 2.45) is 0 Å². The Morgan fingerprint density at radius 3 is 2.80 bits per heavy atom. The fraction of sp³-hybridized carbons (Fsp3) is 0.364. The molecule has 4 heteroatoms. The summed E-state index contributed by atoms with van der Waals surface area (Å²) in [5.74, 6) is -0.468. The van der Waals surface area contributed by atoms with E-state index in [1.165, 1.54) is 13.2 Å². The van der Waals surface area contributed by atoms with Gasteiger partial charge >= 0.3 is 5.97 Å². The van der Waals surface area contributed by atoms with Crippen LogP contribution in [0.25, 0.3) is 0 Å². The third kappa shape index (κ3) is 3.97. The Labute approximate surface area is 87.8 Å². The molecule has 0 aliphatic carbocycles. The first-order valence-electron chi connectivity index (χ1n) is 4.68. The first-order chi connectivity index (χ1) is 7.24. The first-order valence-corrected chi connectivity index (χ1v) is 4.68. The molecule has 0 spiro atoms. The van der Waals surface area contributed by atoms with Crippen LogP contribution in [0.15, 0.2) is 24.3 Å². The highest BCUT2D eigenvalue weighted by Gasteiger charge is 2.02. The van der Waals surface area contributed by atoms with Crippen LogP contribution in [0.5, 0.6) is 5.75 Å². The molecule has 0 bridgehead atoms. The fourth-order valence-electron chi connectivity index (χ4n) is 1.06. The number of esters is 1. The molecule has 0 saturated heterocycles. The predicted octanol–water partition coefficient (Wildman–Crippen LogP) is 2.16. The summed E-state index contributed by atoms with van der Waals surface area (Å²) < 4.78 is 22.6. The maximum absolute atomic E-state index is 13.0. The van der Waals surface area contributed by atoms with Crippen LogP contribution in [0, 0.1) is 5.82 Å². The number of methoxy groups -OCH3 is 1. The molecule has 0 amide bonds. The predicted molar refractivity (Wildman–Crippen MR) is 53.1 cm³/mol. The Hall–Kier alpha value is -1.58. The standard InChI is InChI=1S/C11H13FO3/c1-14-11(13)7-4-8-15-10-6-3-2-5-9(10)12/h2-3,5-6H,4,7-8H2,1H3. The second-order valence-corrected chi connectivity index (χ2v) is 2.96. The number of hydrogen-bond donors (Lipinski definition) is 0. The van der Waals surface area contributed by atoms with Crippen molar-refractivity contribution in [1.82, 2.24) is 0 Å². The van der Waals surface area contributed by atoms with E-state index in [1.54, 1.807) is 18.2 Å². The molecule has 1 aromatic rings. The molecule has 82 valence electrons. The van der Waals surface area contributed by atoms with Gasteiger partial charge in [-0.1, -0.05) is 12.1 Å². The van der Waals surface area contributed by atoms with Crippen molar-refractivity contribution in [3.63, 3.8) is 0 Å². The quantitative estimate of drug-likeness (QED) is 0.554. The third-order valence-corrected chi connectivity index (χ3v) is 1.85. The summed E-state index contributed by atoms with van der Waals surface area (Å²) in [6.07, 6.45) is 0.798. The Bertz CT molecular complexity index is 325. The largest absolute Gasteiger partial charge is 0.491 e. The molecular weight excluding hydrogens is 199 g/mol. The average Bonchev–Trinajstić information content (AvgIpc) is 2.26. The molecule has 0 aliphatic heterocycles. The second-order valence-electron chi connectivity index (χ2n) is 2.96. The Morgan fingerprint density at radius 1 is 1.40 bits per heavy atom.